The first kappa shape index (κ1) is 25.0. The number of hydrogen-bond donors (Lipinski definition) is 1. The van der Waals surface area contributed by atoms with E-state index in [0.29, 0.717) is 22.2 Å². The normalized spacial score (nSPS) is 16.4. The van der Waals surface area contributed by atoms with Crippen LogP contribution in [0.15, 0.2) is 77.8 Å². The highest BCUT2D eigenvalue weighted by molar-refractivity contribution is 6.42. The molecule has 0 radical (unpaired) electrons. The topological polar surface area (TPSA) is 61.8 Å². The van der Waals surface area contributed by atoms with Gasteiger partial charge in [0.1, 0.15) is 0 Å². The second-order valence-electron chi connectivity index (χ2n) is 8.97. The summed E-state index contributed by atoms with van der Waals surface area (Å²) < 4.78 is 0. The standard InChI is InChI=1S/C28H27Cl2N3O2/c1-17(2)21(15-18-13-14-22(29)23(30)16-18)27(34)32-26-28(35)33(3)24-12-8-7-11-20(24)25(31-26)19-9-5-4-6-10-19/h4-14,16-17,21,26H,15H2,1-3H3,(H,32,34)/t21?,26-/m1/s1. The average molecular weight is 508 g/mol. The highest BCUT2D eigenvalue weighted by Crippen LogP contribution is 2.28. The van der Waals surface area contributed by atoms with Crippen molar-refractivity contribution in [3.05, 3.63) is 99.5 Å². The largest absolute Gasteiger partial charge is 0.326 e. The SMILES string of the molecule is CC(C)C(Cc1ccc(Cl)c(Cl)c1)C(=O)N[C@H]1N=C(c2ccccc2)c2ccccc2N(C)C1=O. The zero-order valence-electron chi connectivity index (χ0n) is 19.8. The van der Waals surface area contributed by atoms with E-state index in [-0.39, 0.29) is 23.7 Å². The number of benzodiazepines with no additional fused rings is 1. The van der Waals surface area contributed by atoms with Gasteiger partial charge in [0, 0.05) is 24.1 Å². The van der Waals surface area contributed by atoms with E-state index in [1.807, 2.05) is 74.5 Å². The summed E-state index contributed by atoms with van der Waals surface area (Å²) >= 11 is 12.2. The second kappa shape index (κ2) is 10.6. The summed E-state index contributed by atoms with van der Waals surface area (Å²) in [6.45, 7) is 3.97. The van der Waals surface area contributed by atoms with Gasteiger partial charge in [0.05, 0.1) is 21.4 Å². The third-order valence-electron chi connectivity index (χ3n) is 6.25. The molecule has 1 heterocycles. The predicted molar refractivity (Wildman–Crippen MR) is 142 cm³/mol. The molecule has 7 heteroatoms. The Morgan fingerprint density at radius 1 is 1.00 bits per heavy atom. The second-order valence-corrected chi connectivity index (χ2v) is 9.79. The molecule has 1 aliphatic rings. The van der Waals surface area contributed by atoms with Crippen LogP contribution in [-0.4, -0.2) is 30.7 Å². The van der Waals surface area contributed by atoms with Crippen molar-refractivity contribution in [1.29, 1.82) is 0 Å². The van der Waals surface area contributed by atoms with Crippen LogP contribution in [0.2, 0.25) is 10.0 Å². The van der Waals surface area contributed by atoms with Crippen molar-refractivity contribution in [3.63, 3.8) is 0 Å². The first-order valence-corrected chi connectivity index (χ1v) is 12.3. The average Bonchev–Trinajstić information content (AvgIpc) is 2.95. The molecule has 0 saturated heterocycles. The van der Waals surface area contributed by atoms with Crippen LogP contribution in [0.4, 0.5) is 5.69 Å². The maximum absolute atomic E-state index is 13.5. The van der Waals surface area contributed by atoms with Gasteiger partial charge in [-0.15, -0.1) is 0 Å². The predicted octanol–water partition coefficient (Wildman–Crippen LogP) is 5.76. The summed E-state index contributed by atoms with van der Waals surface area (Å²) in [7, 11) is 1.71. The van der Waals surface area contributed by atoms with Crippen molar-refractivity contribution in [3.8, 4) is 0 Å². The fraction of sp³-hybridized carbons (Fsp3) is 0.250. The maximum Gasteiger partial charge on any atom is 0.272 e. The van der Waals surface area contributed by atoms with E-state index in [1.165, 1.54) is 0 Å². The molecule has 0 spiro atoms. The number of aliphatic imine (C=N–C) groups is 1. The Kier molecular flexibility index (Phi) is 7.58. The van der Waals surface area contributed by atoms with Gasteiger partial charge in [0.25, 0.3) is 5.91 Å². The Morgan fingerprint density at radius 3 is 2.37 bits per heavy atom. The number of amides is 2. The number of anilines is 1. The summed E-state index contributed by atoms with van der Waals surface area (Å²) in [5.41, 5.74) is 4.02. The van der Waals surface area contributed by atoms with Crippen LogP contribution in [0.1, 0.15) is 30.5 Å². The number of nitrogens with one attached hydrogen (secondary N) is 1. The van der Waals surface area contributed by atoms with E-state index in [2.05, 4.69) is 5.32 Å². The van der Waals surface area contributed by atoms with Crippen molar-refractivity contribution in [2.24, 2.45) is 16.8 Å². The Bertz CT molecular complexity index is 1270. The van der Waals surface area contributed by atoms with Crippen LogP contribution in [0, 0.1) is 11.8 Å². The number of carbonyl (C=O) groups is 2. The van der Waals surface area contributed by atoms with Gasteiger partial charge in [-0.25, -0.2) is 4.99 Å². The fourth-order valence-electron chi connectivity index (χ4n) is 4.24. The number of para-hydroxylation sites is 1. The lowest BCUT2D eigenvalue weighted by Gasteiger charge is -2.24. The number of rotatable bonds is 6. The molecular weight excluding hydrogens is 481 g/mol. The minimum Gasteiger partial charge on any atom is -0.326 e. The molecule has 35 heavy (non-hydrogen) atoms. The number of fused-ring (bicyclic) bond motifs is 1. The van der Waals surface area contributed by atoms with Crippen LogP contribution in [0.25, 0.3) is 0 Å². The Morgan fingerprint density at radius 2 is 1.69 bits per heavy atom. The lowest BCUT2D eigenvalue weighted by molar-refractivity contribution is -0.130. The maximum atomic E-state index is 13.5. The molecule has 1 aliphatic heterocycles. The number of likely N-dealkylation sites (N-methyl/N-ethyl adjacent to an activating group) is 1. The van der Waals surface area contributed by atoms with Crippen LogP contribution < -0.4 is 10.2 Å². The molecule has 0 fully saturated rings. The van der Waals surface area contributed by atoms with Crippen molar-refractivity contribution in [1.82, 2.24) is 5.32 Å². The molecule has 5 nitrogen and oxygen atoms in total. The number of carbonyl (C=O) groups excluding carboxylic acids is 2. The fourth-order valence-corrected chi connectivity index (χ4v) is 4.56. The summed E-state index contributed by atoms with van der Waals surface area (Å²) in [6, 6.07) is 22.7. The van der Waals surface area contributed by atoms with E-state index in [9.17, 15) is 9.59 Å². The molecule has 1 unspecified atom stereocenters. The number of halogens is 2. The Labute approximate surface area is 215 Å². The zero-order valence-corrected chi connectivity index (χ0v) is 21.3. The van der Waals surface area contributed by atoms with Crippen LogP contribution in [0.3, 0.4) is 0 Å². The van der Waals surface area contributed by atoms with Crippen LogP contribution in [-0.2, 0) is 16.0 Å². The van der Waals surface area contributed by atoms with Gasteiger partial charge in [0.2, 0.25) is 12.1 Å². The van der Waals surface area contributed by atoms with Crippen molar-refractivity contribution in [2.45, 2.75) is 26.4 Å². The van der Waals surface area contributed by atoms with Gasteiger partial charge in [-0.05, 0) is 36.1 Å². The highest BCUT2D eigenvalue weighted by atomic mass is 35.5. The summed E-state index contributed by atoms with van der Waals surface area (Å²) in [5.74, 6) is -0.891. The number of hydrogen-bond acceptors (Lipinski definition) is 3. The summed E-state index contributed by atoms with van der Waals surface area (Å²) in [4.78, 5) is 33.3. The molecule has 2 amide bonds. The van der Waals surface area contributed by atoms with Gasteiger partial charge >= 0.3 is 0 Å². The van der Waals surface area contributed by atoms with E-state index in [4.69, 9.17) is 28.2 Å². The van der Waals surface area contributed by atoms with Gasteiger partial charge in [-0.3, -0.25) is 9.59 Å². The van der Waals surface area contributed by atoms with Crippen molar-refractivity contribution in [2.75, 3.05) is 11.9 Å². The number of benzene rings is 3. The van der Waals surface area contributed by atoms with Crippen molar-refractivity contribution >= 4 is 46.4 Å². The Balaban J connectivity index is 1.67. The van der Waals surface area contributed by atoms with E-state index in [1.54, 1.807) is 24.1 Å². The van der Waals surface area contributed by atoms with Crippen LogP contribution >= 0.6 is 23.2 Å². The van der Waals surface area contributed by atoms with Gasteiger partial charge < -0.3 is 10.2 Å². The molecule has 0 saturated carbocycles. The molecule has 3 aromatic rings. The minimum atomic E-state index is -1.05. The molecule has 0 bridgehead atoms. The minimum absolute atomic E-state index is 0.0258. The third-order valence-corrected chi connectivity index (χ3v) is 6.99. The number of nitrogens with zero attached hydrogens (tertiary/aromatic N) is 2. The van der Waals surface area contributed by atoms with E-state index in [0.717, 1.165) is 22.4 Å². The Hall–Kier alpha value is -3.15. The van der Waals surface area contributed by atoms with Gasteiger partial charge in [-0.2, -0.15) is 0 Å². The molecule has 0 aromatic heterocycles. The highest BCUT2D eigenvalue weighted by Gasteiger charge is 2.33. The van der Waals surface area contributed by atoms with Crippen molar-refractivity contribution < 1.29 is 9.59 Å². The molecular formula is C28H27Cl2N3O2. The molecule has 0 aliphatic carbocycles. The van der Waals surface area contributed by atoms with Gasteiger partial charge in [-0.1, -0.05) is 91.6 Å². The third kappa shape index (κ3) is 5.42. The summed E-state index contributed by atoms with van der Waals surface area (Å²) in [6.07, 6.45) is -0.586. The molecule has 3 aromatic carbocycles. The molecule has 2 atom stereocenters. The monoisotopic (exact) mass is 507 g/mol. The van der Waals surface area contributed by atoms with Crippen LogP contribution in [0.5, 0.6) is 0 Å². The first-order chi connectivity index (χ1) is 16.8. The lowest BCUT2D eigenvalue weighted by atomic mass is 9.88. The van der Waals surface area contributed by atoms with Gasteiger partial charge in [0.15, 0.2) is 0 Å². The molecule has 4 rings (SSSR count). The lowest BCUT2D eigenvalue weighted by Crippen LogP contribution is -2.48. The zero-order chi connectivity index (χ0) is 25.1. The summed E-state index contributed by atoms with van der Waals surface area (Å²) in [5, 5.41) is 3.84. The molecule has 1 N–H and O–H groups in total. The first-order valence-electron chi connectivity index (χ1n) is 11.5. The smallest absolute Gasteiger partial charge is 0.272 e. The van der Waals surface area contributed by atoms with E-state index >= 15 is 0 Å². The van der Waals surface area contributed by atoms with E-state index < -0.39 is 6.17 Å². The molecule has 180 valence electrons. The quantitative estimate of drug-likeness (QED) is 0.460.